The zero-order valence-corrected chi connectivity index (χ0v) is 18.8. The Morgan fingerprint density at radius 1 is 1.00 bits per heavy atom. The molecule has 2 N–H and O–H groups in total. The zero-order chi connectivity index (χ0) is 18.9. The fraction of sp³-hybridized carbons (Fsp3) is 0.368. The van der Waals surface area contributed by atoms with Crippen molar-refractivity contribution >= 4 is 35.8 Å². The molecule has 8 heteroatoms. The summed E-state index contributed by atoms with van der Waals surface area (Å²) in [7, 11) is 8.96. The molecule has 0 saturated heterocycles. The molecular weight excluding hydrogens is 457 g/mol. The van der Waals surface area contributed by atoms with E-state index in [2.05, 4.69) is 26.7 Å². The molecule has 27 heavy (non-hydrogen) atoms. The summed E-state index contributed by atoms with van der Waals surface area (Å²) in [5.41, 5.74) is 2.21. The molecule has 0 saturated carbocycles. The Bertz CT molecular complexity index is 753. The first-order chi connectivity index (χ1) is 12.6. The second-order valence-electron chi connectivity index (χ2n) is 5.89. The van der Waals surface area contributed by atoms with Crippen molar-refractivity contribution in [1.29, 1.82) is 0 Å². The smallest absolute Gasteiger partial charge is 0.191 e. The molecule has 0 atom stereocenters. The van der Waals surface area contributed by atoms with E-state index in [-0.39, 0.29) is 24.0 Å². The summed E-state index contributed by atoms with van der Waals surface area (Å²) in [6.07, 6.45) is 1.81. The van der Waals surface area contributed by atoms with Crippen LogP contribution >= 0.6 is 24.0 Å². The van der Waals surface area contributed by atoms with Crippen LogP contribution in [-0.4, -0.2) is 46.3 Å². The molecular formula is C19H28IN5O2. The summed E-state index contributed by atoms with van der Waals surface area (Å²) in [5, 5.41) is 6.61. The standard InChI is InChI=1S/C19H27N5O2.HI/c1-20-19(23-13-15-8-9-21-18(11-15)24(2)3)22-12-14-6-7-16(25-4)17(10-14)26-5;/h6-11H,12-13H2,1-5H3,(H2,20,22,23);1H. The van der Waals surface area contributed by atoms with Crippen LogP contribution in [0, 0.1) is 0 Å². The Kier molecular flexibility index (Phi) is 9.70. The maximum absolute atomic E-state index is 5.34. The molecule has 0 amide bonds. The molecule has 0 aliphatic rings. The van der Waals surface area contributed by atoms with Crippen molar-refractivity contribution in [2.45, 2.75) is 13.1 Å². The Morgan fingerprint density at radius 3 is 2.19 bits per heavy atom. The lowest BCUT2D eigenvalue weighted by molar-refractivity contribution is 0.354. The Balaban J connectivity index is 0.00000364. The number of benzene rings is 1. The normalized spacial score (nSPS) is 10.6. The summed E-state index contributed by atoms with van der Waals surface area (Å²) < 4.78 is 10.6. The highest BCUT2D eigenvalue weighted by atomic mass is 127. The van der Waals surface area contributed by atoms with E-state index in [0.717, 1.165) is 22.9 Å². The van der Waals surface area contributed by atoms with Gasteiger partial charge in [-0.05, 0) is 35.4 Å². The number of halogens is 1. The van der Waals surface area contributed by atoms with Crippen molar-refractivity contribution < 1.29 is 9.47 Å². The number of pyridine rings is 1. The van der Waals surface area contributed by atoms with Crippen LogP contribution in [0.2, 0.25) is 0 Å². The van der Waals surface area contributed by atoms with Crippen molar-refractivity contribution in [3.63, 3.8) is 0 Å². The molecule has 0 aliphatic carbocycles. The van der Waals surface area contributed by atoms with Gasteiger partial charge in [-0.1, -0.05) is 6.07 Å². The van der Waals surface area contributed by atoms with E-state index in [4.69, 9.17) is 9.47 Å². The maximum Gasteiger partial charge on any atom is 0.191 e. The molecule has 148 valence electrons. The lowest BCUT2D eigenvalue weighted by atomic mass is 10.2. The van der Waals surface area contributed by atoms with Gasteiger partial charge in [-0.15, -0.1) is 24.0 Å². The number of rotatable bonds is 7. The van der Waals surface area contributed by atoms with Gasteiger partial charge in [-0.25, -0.2) is 4.98 Å². The minimum atomic E-state index is 0. The lowest BCUT2D eigenvalue weighted by Gasteiger charge is -2.15. The summed E-state index contributed by atoms with van der Waals surface area (Å²) in [5.74, 6) is 3.08. The van der Waals surface area contributed by atoms with Crippen LogP contribution in [0.1, 0.15) is 11.1 Å². The van der Waals surface area contributed by atoms with Crippen LogP contribution in [0.25, 0.3) is 0 Å². The van der Waals surface area contributed by atoms with Gasteiger partial charge in [0.05, 0.1) is 14.2 Å². The number of hydrogen-bond acceptors (Lipinski definition) is 5. The Morgan fingerprint density at radius 2 is 1.63 bits per heavy atom. The highest BCUT2D eigenvalue weighted by Gasteiger charge is 2.06. The second kappa shape index (κ2) is 11.5. The number of anilines is 1. The SMILES string of the molecule is CN=C(NCc1ccnc(N(C)C)c1)NCc1ccc(OC)c(OC)c1.I. The van der Waals surface area contributed by atoms with Gasteiger partial charge in [0.1, 0.15) is 5.82 Å². The first kappa shape index (κ1) is 22.8. The van der Waals surface area contributed by atoms with Gasteiger partial charge in [0, 0.05) is 40.4 Å². The second-order valence-corrected chi connectivity index (χ2v) is 5.89. The van der Waals surface area contributed by atoms with E-state index in [1.54, 1.807) is 21.3 Å². The molecule has 1 aromatic carbocycles. The minimum absolute atomic E-state index is 0. The van der Waals surface area contributed by atoms with E-state index in [1.165, 1.54) is 0 Å². The summed E-state index contributed by atoms with van der Waals surface area (Å²) in [4.78, 5) is 10.6. The van der Waals surface area contributed by atoms with Gasteiger partial charge < -0.3 is 25.0 Å². The maximum atomic E-state index is 5.34. The molecule has 1 heterocycles. The molecule has 0 spiro atoms. The highest BCUT2D eigenvalue weighted by molar-refractivity contribution is 14.0. The van der Waals surface area contributed by atoms with Crippen LogP contribution < -0.4 is 25.0 Å². The average Bonchev–Trinajstić information content (AvgIpc) is 2.68. The molecule has 0 aliphatic heterocycles. The van der Waals surface area contributed by atoms with Crippen molar-refractivity contribution in [3.05, 3.63) is 47.7 Å². The highest BCUT2D eigenvalue weighted by Crippen LogP contribution is 2.27. The van der Waals surface area contributed by atoms with Gasteiger partial charge in [0.15, 0.2) is 17.5 Å². The number of nitrogens with one attached hydrogen (secondary N) is 2. The van der Waals surface area contributed by atoms with Crippen molar-refractivity contribution in [3.8, 4) is 11.5 Å². The summed E-state index contributed by atoms with van der Waals surface area (Å²) in [6, 6.07) is 9.88. The van der Waals surface area contributed by atoms with E-state index < -0.39 is 0 Å². The van der Waals surface area contributed by atoms with Crippen LogP contribution in [0.5, 0.6) is 11.5 Å². The van der Waals surface area contributed by atoms with Gasteiger partial charge in [0.2, 0.25) is 0 Å². The summed E-state index contributed by atoms with van der Waals surface area (Å²) >= 11 is 0. The third kappa shape index (κ3) is 6.78. The number of nitrogens with zero attached hydrogens (tertiary/aromatic N) is 3. The Hall–Kier alpha value is -2.23. The predicted octanol–water partition coefficient (Wildman–Crippen LogP) is 2.65. The van der Waals surface area contributed by atoms with Gasteiger partial charge in [0.25, 0.3) is 0 Å². The van der Waals surface area contributed by atoms with Crippen LogP contribution in [0.4, 0.5) is 5.82 Å². The molecule has 0 bridgehead atoms. The largest absolute Gasteiger partial charge is 0.493 e. The number of ether oxygens (including phenoxy) is 2. The first-order valence-electron chi connectivity index (χ1n) is 8.35. The van der Waals surface area contributed by atoms with Gasteiger partial charge >= 0.3 is 0 Å². The predicted molar refractivity (Wildman–Crippen MR) is 121 cm³/mol. The van der Waals surface area contributed by atoms with Crippen molar-refractivity contribution in [2.75, 3.05) is 40.3 Å². The van der Waals surface area contributed by atoms with Crippen molar-refractivity contribution in [1.82, 2.24) is 15.6 Å². The molecule has 0 fully saturated rings. The minimum Gasteiger partial charge on any atom is -0.493 e. The number of guanidine groups is 1. The fourth-order valence-electron chi connectivity index (χ4n) is 2.40. The topological polar surface area (TPSA) is 71.0 Å². The van der Waals surface area contributed by atoms with E-state index in [9.17, 15) is 0 Å². The third-order valence-corrected chi connectivity index (χ3v) is 3.86. The van der Waals surface area contributed by atoms with Crippen molar-refractivity contribution in [2.24, 2.45) is 4.99 Å². The number of aromatic nitrogens is 1. The average molecular weight is 485 g/mol. The van der Waals surface area contributed by atoms with Crippen LogP contribution in [-0.2, 0) is 13.1 Å². The van der Waals surface area contributed by atoms with E-state index >= 15 is 0 Å². The van der Waals surface area contributed by atoms with E-state index in [1.807, 2.05) is 49.5 Å². The summed E-state index contributed by atoms with van der Waals surface area (Å²) in [6.45, 7) is 1.29. The lowest BCUT2D eigenvalue weighted by Crippen LogP contribution is -2.36. The van der Waals surface area contributed by atoms with Gasteiger partial charge in [-0.3, -0.25) is 4.99 Å². The third-order valence-electron chi connectivity index (χ3n) is 3.86. The molecule has 0 unspecified atom stereocenters. The van der Waals surface area contributed by atoms with Gasteiger partial charge in [-0.2, -0.15) is 0 Å². The van der Waals surface area contributed by atoms with E-state index in [0.29, 0.717) is 24.6 Å². The number of hydrogen-bond donors (Lipinski definition) is 2. The van der Waals surface area contributed by atoms with Crippen LogP contribution in [0.15, 0.2) is 41.5 Å². The first-order valence-corrected chi connectivity index (χ1v) is 8.35. The molecule has 2 rings (SSSR count). The zero-order valence-electron chi connectivity index (χ0n) is 16.4. The quantitative estimate of drug-likeness (QED) is 0.357. The monoisotopic (exact) mass is 485 g/mol. The Labute approximate surface area is 178 Å². The molecule has 7 nitrogen and oxygen atoms in total. The number of methoxy groups -OCH3 is 2. The molecule has 1 aromatic heterocycles. The molecule has 2 aromatic rings. The number of aliphatic imine (C=N–C) groups is 1. The fourth-order valence-corrected chi connectivity index (χ4v) is 2.40. The molecule has 0 radical (unpaired) electrons. The van der Waals surface area contributed by atoms with Crippen LogP contribution in [0.3, 0.4) is 0 Å².